The first-order chi connectivity index (χ1) is 8.79. The molecule has 0 fully saturated rings. The van der Waals surface area contributed by atoms with Crippen molar-refractivity contribution in [2.45, 2.75) is 19.5 Å². The molecular formula is C15H20N2O. The number of benzene rings is 1. The molecule has 0 aliphatic carbocycles. The average Bonchev–Trinajstić information content (AvgIpc) is 2.89. The highest BCUT2D eigenvalue weighted by Crippen LogP contribution is 2.10. The van der Waals surface area contributed by atoms with Crippen molar-refractivity contribution < 1.29 is 4.42 Å². The lowest BCUT2D eigenvalue weighted by Gasteiger charge is -2.16. The van der Waals surface area contributed by atoms with E-state index in [-0.39, 0.29) is 0 Å². The van der Waals surface area contributed by atoms with Gasteiger partial charge in [-0.3, -0.25) is 4.90 Å². The van der Waals surface area contributed by atoms with E-state index in [1.165, 1.54) is 11.1 Å². The van der Waals surface area contributed by atoms with Crippen LogP contribution in [-0.4, -0.2) is 18.5 Å². The average molecular weight is 244 g/mol. The molecule has 0 saturated heterocycles. The van der Waals surface area contributed by atoms with Gasteiger partial charge in [0.15, 0.2) is 0 Å². The highest BCUT2D eigenvalue weighted by Gasteiger charge is 2.05. The fourth-order valence-electron chi connectivity index (χ4n) is 2.06. The zero-order valence-electron chi connectivity index (χ0n) is 10.8. The lowest BCUT2D eigenvalue weighted by Crippen LogP contribution is -2.21. The van der Waals surface area contributed by atoms with E-state index in [4.69, 9.17) is 10.2 Å². The Bertz CT molecular complexity index is 465. The van der Waals surface area contributed by atoms with Gasteiger partial charge in [-0.25, -0.2) is 0 Å². The Morgan fingerprint density at radius 3 is 2.56 bits per heavy atom. The van der Waals surface area contributed by atoms with Gasteiger partial charge in [0.2, 0.25) is 0 Å². The number of rotatable bonds is 6. The molecule has 1 aromatic heterocycles. The van der Waals surface area contributed by atoms with Gasteiger partial charge >= 0.3 is 0 Å². The summed E-state index contributed by atoms with van der Waals surface area (Å²) in [5.41, 5.74) is 8.32. The topological polar surface area (TPSA) is 42.4 Å². The summed E-state index contributed by atoms with van der Waals surface area (Å²) in [5.74, 6) is 1.00. The summed E-state index contributed by atoms with van der Waals surface area (Å²) in [6.07, 6.45) is 2.73. The summed E-state index contributed by atoms with van der Waals surface area (Å²) < 4.78 is 5.34. The lowest BCUT2D eigenvalue weighted by molar-refractivity contribution is 0.298. The first-order valence-electron chi connectivity index (χ1n) is 6.27. The van der Waals surface area contributed by atoms with E-state index in [0.717, 1.165) is 25.3 Å². The Balaban J connectivity index is 1.87. The predicted octanol–water partition coefficient (Wildman–Crippen LogP) is 2.41. The van der Waals surface area contributed by atoms with Crippen LogP contribution in [-0.2, 0) is 19.5 Å². The van der Waals surface area contributed by atoms with Crippen LogP contribution < -0.4 is 5.73 Å². The number of hydrogen-bond donors (Lipinski definition) is 1. The molecule has 18 heavy (non-hydrogen) atoms. The Kier molecular flexibility index (Phi) is 4.56. The zero-order chi connectivity index (χ0) is 12.8. The minimum Gasteiger partial charge on any atom is -0.468 e. The largest absolute Gasteiger partial charge is 0.468 e. The second-order valence-corrected chi connectivity index (χ2v) is 4.54. The monoisotopic (exact) mass is 244 g/mol. The summed E-state index contributed by atoms with van der Waals surface area (Å²) >= 11 is 0. The van der Waals surface area contributed by atoms with Crippen LogP contribution in [0, 0.1) is 0 Å². The smallest absolute Gasteiger partial charge is 0.117 e. The van der Waals surface area contributed by atoms with Crippen LogP contribution in [0.25, 0.3) is 0 Å². The van der Waals surface area contributed by atoms with Crippen molar-refractivity contribution in [3.8, 4) is 0 Å². The number of furan rings is 1. The Morgan fingerprint density at radius 1 is 1.11 bits per heavy atom. The summed E-state index contributed by atoms with van der Waals surface area (Å²) in [6.45, 7) is 2.45. The van der Waals surface area contributed by atoms with Gasteiger partial charge in [0, 0.05) is 13.1 Å². The highest BCUT2D eigenvalue weighted by atomic mass is 16.3. The molecule has 0 spiro atoms. The van der Waals surface area contributed by atoms with E-state index in [9.17, 15) is 0 Å². The van der Waals surface area contributed by atoms with Gasteiger partial charge in [-0.15, -0.1) is 0 Å². The number of likely N-dealkylation sites (N-methyl/N-ethyl adjacent to an activating group) is 1. The van der Waals surface area contributed by atoms with Crippen LogP contribution in [0.2, 0.25) is 0 Å². The van der Waals surface area contributed by atoms with E-state index >= 15 is 0 Å². The third kappa shape index (κ3) is 3.45. The first kappa shape index (κ1) is 12.9. The van der Waals surface area contributed by atoms with Gasteiger partial charge in [-0.1, -0.05) is 24.3 Å². The molecule has 1 aromatic carbocycles. The molecule has 0 amide bonds. The second-order valence-electron chi connectivity index (χ2n) is 4.54. The molecule has 0 bridgehead atoms. The van der Waals surface area contributed by atoms with E-state index in [0.29, 0.717) is 6.54 Å². The molecule has 0 saturated carbocycles. The third-order valence-corrected chi connectivity index (χ3v) is 3.11. The van der Waals surface area contributed by atoms with Gasteiger partial charge in [-0.05, 0) is 36.7 Å². The lowest BCUT2D eigenvalue weighted by atomic mass is 10.0. The van der Waals surface area contributed by atoms with Crippen LogP contribution in [0.3, 0.4) is 0 Å². The van der Waals surface area contributed by atoms with E-state index in [2.05, 4.69) is 30.1 Å². The normalized spacial score (nSPS) is 11.1. The molecular weight excluding hydrogens is 224 g/mol. The molecule has 0 atom stereocenters. The minimum absolute atomic E-state index is 0.609. The van der Waals surface area contributed by atoms with Crippen molar-refractivity contribution in [3.63, 3.8) is 0 Å². The van der Waals surface area contributed by atoms with Crippen molar-refractivity contribution >= 4 is 0 Å². The number of nitrogens with zero attached hydrogens (tertiary/aromatic N) is 1. The van der Waals surface area contributed by atoms with Gasteiger partial charge in [0.25, 0.3) is 0 Å². The molecule has 3 nitrogen and oxygen atoms in total. The molecule has 0 unspecified atom stereocenters. The molecule has 0 radical (unpaired) electrons. The molecule has 3 heteroatoms. The Labute approximate surface area is 108 Å². The fraction of sp³-hybridized carbons (Fsp3) is 0.333. The molecule has 0 aliphatic heterocycles. The second kappa shape index (κ2) is 6.38. The maximum Gasteiger partial charge on any atom is 0.117 e. The minimum atomic E-state index is 0.609. The van der Waals surface area contributed by atoms with Crippen molar-refractivity contribution in [3.05, 3.63) is 59.5 Å². The quantitative estimate of drug-likeness (QED) is 0.848. The number of nitrogens with two attached hydrogens (primary N) is 1. The molecule has 2 aromatic rings. The first-order valence-corrected chi connectivity index (χ1v) is 6.27. The molecule has 1 heterocycles. The van der Waals surface area contributed by atoms with Gasteiger partial charge in [0.1, 0.15) is 5.76 Å². The van der Waals surface area contributed by atoms with Gasteiger partial charge in [0.05, 0.1) is 12.8 Å². The summed E-state index contributed by atoms with van der Waals surface area (Å²) in [5, 5.41) is 0. The summed E-state index contributed by atoms with van der Waals surface area (Å²) in [7, 11) is 2.10. The Morgan fingerprint density at radius 2 is 1.89 bits per heavy atom. The van der Waals surface area contributed by atoms with Crippen LogP contribution in [0.4, 0.5) is 0 Å². The van der Waals surface area contributed by atoms with E-state index in [1.807, 2.05) is 18.2 Å². The standard InChI is InChI=1S/C15H20N2O/c1-17(12-15-7-4-10-18-15)9-8-13-5-2-3-6-14(13)11-16/h2-7,10H,8-9,11-12,16H2,1H3. The van der Waals surface area contributed by atoms with Crippen molar-refractivity contribution in [2.75, 3.05) is 13.6 Å². The maximum absolute atomic E-state index is 5.74. The zero-order valence-corrected chi connectivity index (χ0v) is 10.8. The number of hydrogen-bond acceptors (Lipinski definition) is 3. The van der Waals surface area contributed by atoms with Crippen molar-refractivity contribution in [1.82, 2.24) is 4.90 Å². The van der Waals surface area contributed by atoms with Crippen LogP contribution >= 0.6 is 0 Å². The van der Waals surface area contributed by atoms with Crippen molar-refractivity contribution in [1.29, 1.82) is 0 Å². The van der Waals surface area contributed by atoms with Crippen molar-refractivity contribution in [2.24, 2.45) is 5.73 Å². The fourth-order valence-corrected chi connectivity index (χ4v) is 2.06. The van der Waals surface area contributed by atoms with E-state index < -0.39 is 0 Å². The molecule has 2 N–H and O–H groups in total. The molecule has 96 valence electrons. The van der Waals surface area contributed by atoms with Gasteiger partial charge in [-0.2, -0.15) is 0 Å². The summed E-state index contributed by atoms with van der Waals surface area (Å²) in [6, 6.07) is 12.3. The molecule has 0 aliphatic rings. The third-order valence-electron chi connectivity index (χ3n) is 3.11. The Hall–Kier alpha value is -1.58. The van der Waals surface area contributed by atoms with Gasteiger partial charge < -0.3 is 10.2 Å². The highest BCUT2D eigenvalue weighted by molar-refractivity contribution is 5.27. The van der Waals surface area contributed by atoms with E-state index in [1.54, 1.807) is 6.26 Å². The summed E-state index contributed by atoms with van der Waals surface area (Å²) in [4.78, 5) is 2.26. The van der Waals surface area contributed by atoms with Crippen LogP contribution in [0.5, 0.6) is 0 Å². The van der Waals surface area contributed by atoms with Crippen LogP contribution in [0.1, 0.15) is 16.9 Å². The SMILES string of the molecule is CN(CCc1ccccc1CN)Cc1ccco1. The molecule has 2 rings (SSSR count). The predicted molar refractivity (Wildman–Crippen MR) is 73.1 cm³/mol. The maximum atomic E-state index is 5.74. The van der Waals surface area contributed by atoms with Crippen LogP contribution in [0.15, 0.2) is 47.1 Å².